The minimum Gasteiger partial charge on any atom is -0.312 e. The summed E-state index contributed by atoms with van der Waals surface area (Å²) in [7, 11) is -2.82. The van der Waals surface area contributed by atoms with E-state index in [0.717, 1.165) is 19.5 Å². The van der Waals surface area contributed by atoms with Crippen molar-refractivity contribution in [1.29, 1.82) is 0 Å². The highest BCUT2D eigenvalue weighted by Crippen LogP contribution is 2.30. The van der Waals surface area contributed by atoms with Crippen LogP contribution in [0.3, 0.4) is 0 Å². The number of nitrogens with one attached hydrogen (secondary N) is 2. The maximum Gasteiger partial charge on any atom is 0.152 e. The molecule has 4 nitrogen and oxygen atoms in total. The van der Waals surface area contributed by atoms with E-state index < -0.39 is 9.84 Å². The van der Waals surface area contributed by atoms with Gasteiger partial charge < -0.3 is 10.6 Å². The molecule has 2 N–H and O–H groups in total. The fourth-order valence-electron chi connectivity index (χ4n) is 3.12. The molecule has 0 bridgehead atoms. The Hall–Kier alpha value is -0.130. The van der Waals surface area contributed by atoms with Crippen LogP contribution < -0.4 is 10.6 Å². The zero-order chi connectivity index (χ0) is 13.4. The Balaban J connectivity index is 1.91. The Morgan fingerprint density at radius 3 is 2.56 bits per heavy atom. The van der Waals surface area contributed by atoms with E-state index in [0.29, 0.717) is 17.2 Å². The number of rotatable bonds is 3. The predicted molar refractivity (Wildman–Crippen MR) is 74.5 cm³/mol. The Bertz CT molecular complexity index is 405. The lowest BCUT2D eigenvalue weighted by Gasteiger charge is -2.41. The standard InChI is InChI=1S/C13H26N2O2S/c1-12(2)5-4-7-14-11(12)9-15-13(3)6-8-18(16,17)10-13/h11,14-15H,4-10H2,1-3H3. The topological polar surface area (TPSA) is 58.2 Å². The van der Waals surface area contributed by atoms with Crippen molar-refractivity contribution in [3.8, 4) is 0 Å². The molecule has 106 valence electrons. The van der Waals surface area contributed by atoms with Crippen LogP contribution in [0.1, 0.15) is 40.0 Å². The van der Waals surface area contributed by atoms with Crippen LogP contribution in [-0.4, -0.2) is 44.6 Å². The smallest absolute Gasteiger partial charge is 0.152 e. The molecule has 2 saturated heterocycles. The van der Waals surface area contributed by atoms with Crippen LogP contribution >= 0.6 is 0 Å². The number of hydrogen-bond acceptors (Lipinski definition) is 4. The lowest BCUT2D eigenvalue weighted by atomic mass is 9.77. The molecule has 2 aliphatic rings. The van der Waals surface area contributed by atoms with Gasteiger partial charge in [0.15, 0.2) is 9.84 Å². The van der Waals surface area contributed by atoms with Gasteiger partial charge in [0.05, 0.1) is 11.5 Å². The molecule has 0 radical (unpaired) electrons. The van der Waals surface area contributed by atoms with Gasteiger partial charge in [-0.25, -0.2) is 8.42 Å². The highest BCUT2D eigenvalue weighted by atomic mass is 32.2. The first-order valence-electron chi connectivity index (χ1n) is 6.91. The van der Waals surface area contributed by atoms with Gasteiger partial charge in [-0.15, -0.1) is 0 Å². The van der Waals surface area contributed by atoms with Crippen LogP contribution in [-0.2, 0) is 9.84 Å². The van der Waals surface area contributed by atoms with Crippen molar-refractivity contribution < 1.29 is 8.42 Å². The van der Waals surface area contributed by atoms with Crippen LogP contribution in [0.25, 0.3) is 0 Å². The molecule has 0 spiro atoms. The Labute approximate surface area is 111 Å². The molecule has 2 heterocycles. The highest BCUT2D eigenvalue weighted by Gasteiger charge is 2.40. The van der Waals surface area contributed by atoms with Crippen molar-refractivity contribution in [2.24, 2.45) is 5.41 Å². The van der Waals surface area contributed by atoms with Gasteiger partial charge in [0.2, 0.25) is 0 Å². The molecular formula is C13H26N2O2S. The van der Waals surface area contributed by atoms with E-state index in [1.54, 1.807) is 0 Å². The van der Waals surface area contributed by atoms with E-state index >= 15 is 0 Å². The first kappa shape index (κ1) is 14.3. The Kier molecular flexibility index (Phi) is 3.78. The Morgan fingerprint density at radius 2 is 2.00 bits per heavy atom. The monoisotopic (exact) mass is 274 g/mol. The van der Waals surface area contributed by atoms with Crippen molar-refractivity contribution in [3.05, 3.63) is 0 Å². The third-order valence-corrected chi connectivity index (χ3v) is 6.47. The van der Waals surface area contributed by atoms with Crippen molar-refractivity contribution in [3.63, 3.8) is 0 Å². The minimum absolute atomic E-state index is 0.228. The molecule has 0 aromatic heterocycles. The summed E-state index contributed by atoms with van der Waals surface area (Å²) in [6, 6.07) is 0.436. The summed E-state index contributed by atoms with van der Waals surface area (Å²) in [4.78, 5) is 0. The maximum atomic E-state index is 11.6. The molecule has 0 aliphatic carbocycles. The quantitative estimate of drug-likeness (QED) is 0.804. The lowest BCUT2D eigenvalue weighted by Crippen LogP contribution is -2.56. The first-order chi connectivity index (χ1) is 8.23. The fourth-order valence-corrected chi connectivity index (χ4v) is 5.24. The van der Waals surface area contributed by atoms with Gasteiger partial charge in [-0.1, -0.05) is 13.8 Å². The molecule has 2 fully saturated rings. The van der Waals surface area contributed by atoms with Crippen LogP contribution in [0.5, 0.6) is 0 Å². The van der Waals surface area contributed by atoms with E-state index in [-0.39, 0.29) is 11.3 Å². The first-order valence-corrected chi connectivity index (χ1v) is 8.74. The van der Waals surface area contributed by atoms with Gasteiger partial charge in [0.1, 0.15) is 0 Å². The molecule has 0 saturated carbocycles. The summed E-state index contributed by atoms with van der Waals surface area (Å²) in [5, 5.41) is 7.06. The fraction of sp³-hybridized carbons (Fsp3) is 1.00. The minimum atomic E-state index is -2.82. The van der Waals surface area contributed by atoms with Crippen molar-refractivity contribution in [2.45, 2.75) is 51.6 Å². The van der Waals surface area contributed by atoms with Gasteiger partial charge in [0.25, 0.3) is 0 Å². The largest absolute Gasteiger partial charge is 0.312 e. The van der Waals surface area contributed by atoms with Crippen molar-refractivity contribution in [2.75, 3.05) is 24.6 Å². The normalized spacial score (nSPS) is 38.7. The molecule has 2 aliphatic heterocycles. The second-order valence-electron chi connectivity index (χ2n) is 6.88. The summed E-state index contributed by atoms with van der Waals surface area (Å²) in [6.07, 6.45) is 3.21. The van der Waals surface area contributed by atoms with Gasteiger partial charge in [-0.05, 0) is 38.1 Å². The average Bonchev–Trinajstić information content (AvgIpc) is 2.51. The SMILES string of the molecule is CC1(NCC2NCCCC2(C)C)CCS(=O)(=O)C1. The van der Waals surface area contributed by atoms with Gasteiger partial charge in [-0.2, -0.15) is 0 Å². The number of piperidine rings is 1. The molecule has 0 aromatic carbocycles. The molecule has 5 heteroatoms. The molecule has 0 aromatic rings. The van der Waals surface area contributed by atoms with E-state index in [4.69, 9.17) is 0 Å². The summed E-state index contributed by atoms with van der Waals surface area (Å²) in [5.41, 5.74) is 0.0626. The predicted octanol–water partition coefficient (Wildman–Crippen LogP) is 0.931. The van der Waals surface area contributed by atoms with E-state index in [9.17, 15) is 8.42 Å². The van der Waals surface area contributed by atoms with Crippen LogP contribution in [0.15, 0.2) is 0 Å². The summed E-state index contributed by atoms with van der Waals surface area (Å²) < 4.78 is 23.1. The van der Waals surface area contributed by atoms with Gasteiger partial charge >= 0.3 is 0 Å². The van der Waals surface area contributed by atoms with E-state index in [2.05, 4.69) is 24.5 Å². The average molecular weight is 274 g/mol. The highest BCUT2D eigenvalue weighted by molar-refractivity contribution is 7.91. The van der Waals surface area contributed by atoms with Crippen molar-refractivity contribution >= 4 is 9.84 Å². The summed E-state index contributed by atoms with van der Waals surface area (Å²) in [6.45, 7) is 8.55. The third-order valence-electron chi connectivity index (χ3n) is 4.57. The summed E-state index contributed by atoms with van der Waals surface area (Å²) >= 11 is 0. The summed E-state index contributed by atoms with van der Waals surface area (Å²) in [5.74, 6) is 0.616. The van der Waals surface area contributed by atoms with Crippen LogP contribution in [0.4, 0.5) is 0 Å². The Morgan fingerprint density at radius 1 is 1.28 bits per heavy atom. The van der Waals surface area contributed by atoms with Gasteiger partial charge in [-0.3, -0.25) is 0 Å². The molecule has 0 amide bonds. The molecule has 2 atom stereocenters. The molecular weight excluding hydrogens is 248 g/mol. The van der Waals surface area contributed by atoms with Crippen LogP contribution in [0.2, 0.25) is 0 Å². The molecule has 2 unspecified atom stereocenters. The lowest BCUT2D eigenvalue weighted by molar-refractivity contribution is 0.166. The maximum absolute atomic E-state index is 11.6. The van der Waals surface area contributed by atoms with Gasteiger partial charge in [0, 0.05) is 18.1 Å². The van der Waals surface area contributed by atoms with Crippen molar-refractivity contribution in [1.82, 2.24) is 10.6 Å². The zero-order valence-corrected chi connectivity index (χ0v) is 12.6. The molecule has 2 rings (SSSR count). The third kappa shape index (κ3) is 3.25. The number of sulfone groups is 1. The number of hydrogen-bond donors (Lipinski definition) is 2. The molecule has 18 heavy (non-hydrogen) atoms. The van der Waals surface area contributed by atoms with Crippen LogP contribution in [0, 0.1) is 5.41 Å². The zero-order valence-electron chi connectivity index (χ0n) is 11.8. The second kappa shape index (κ2) is 4.76. The van der Waals surface area contributed by atoms with E-state index in [1.165, 1.54) is 12.8 Å². The van der Waals surface area contributed by atoms with E-state index in [1.807, 2.05) is 6.92 Å². The second-order valence-corrected chi connectivity index (χ2v) is 9.07.